The minimum absolute atomic E-state index is 0. The Bertz CT molecular complexity index is 740. The van der Waals surface area contributed by atoms with Crippen LogP contribution in [0.2, 0.25) is 5.02 Å². The molecule has 8 heteroatoms. The second-order valence-electron chi connectivity index (χ2n) is 6.61. The number of ether oxygens (including phenoxy) is 1. The highest BCUT2D eigenvalue weighted by Gasteiger charge is 2.32. The Hall–Kier alpha value is -1.21. The molecule has 0 spiro atoms. The number of halogens is 3. The van der Waals surface area contributed by atoms with Gasteiger partial charge >= 0.3 is 0 Å². The molecule has 3 rings (SSSR count). The van der Waals surface area contributed by atoms with Gasteiger partial charge in [-0.3, -0.25) is 0 Å². The van der Waals surface area contributed by atoms with Gasteiger partial charge < -0.3 is 10.5 Å². The number of nitrogens with zero attached hydrogens (tertiary/aromatic N) is 3. The van der Waals surface area contributed by atoms with Crippen LogP contribution in [0, 0.1) is 12.7 Å². The van der Waals surface area contributed by atoms with Crippen molar-refractivity contribution in [3.63, 3.8) is 0 Å². The van der Waals surface area contributed by atoms with Gasteiger partial charge in [0.2, 0.25) is 0 Å². The molecule has 1 heterocycles. The third-order valence-corrected chi connectivity index (χ3v) is 4.91. The van der Waals surface area contributed by atoms with Gasteiger partial charge in [-0.1, -0.05) is 18.5 Å². The quantitative estimate of drug-likeness (QED) is 0.814. The molecule has 5 nitrogen and oxygen atoms in total. The summed E-state index contributed by atoms with van der Waals surface area (Å²) in [6.45, 7) is 4.68. The van der Waals surface area contributed by atoms with E-state index >= 15 is 0 Å². The molecule has 26 heavy (non-hydrogen) atoms. The van der Waals surface area contributed by atoms with Gasteiger partial charge in [-0.25, -0.2) is 14.1 Å². The second kappa shape index (κ2) is 9.13. The molecule has 1 saturated carbocycles. The predicted molar refractivity (Wildman–Crippen MR) is 103 cm³/mol. The second-order valence-corrected chi connectivity index (χ2v) is 7.02. The number of rotatable bonds is 5. The van der Waals surface area contributed by atoms with Crippen molar-refractivity contribution in [2.45, 2.75) is 57.6 Å². The molecule has 0 saturated heterocycles. The summed E-state index contributed by atoms with van der Waals surface area (Å²) in [5, 5.41) is 4.55. The van der Waals surface area contributed by atoms with Crippen LogP contribution in [0.4, 0.5) is 4.39 Å². The van der Waals surface area contributed by atoms with Crippen LogP contribution < -0.4 is 5.73 Å². The molecule has 0 unspecified atom stereocenters. The van der Waals surface area contributed by atoms with Crippen molar-refractivity contribution in [1.29, 1.82) is 0 Å². The first-order valence-electron chi connectivity index (χ1n) is 8.75. The molecule has 1 aliphatic rings. The Kier molecular flexibility index (Phi) is 7.41. The number of hydrogen-bond donors (Lipinski definition) is 1. The van der Waals surface area contributed by atoms with Crippen LogP contribution in [0.25, 0.3) is 5.69 Å². The third kappa shape index (κ3) is 4.55. The van der Waals surface area contributed by atoms with Gasteiger partial charge in [0.1, 0.15) is 17.5 Å². The summed E-state index contributed by atoms with van der Waals surface area (Å²) in [5.41, 5.74) is 7.04. The molecular formula is C18H25Cl2FN4O. The minimum atomic E-state index is -0.445. The molecule has 0 bridgehead atoms. The van der Waals surface area contributed by atoms with Crippen LogP contribution in [-0.2, 0) is 4.74 Å². The van der Waals surface area contributed by atoms with E-state index in [1.807, 2.05) is 6.92 Å². The fraction of sp³-hybridized carbons (Fsp3) is 0.556. The van der Waals surface area contributed by atoms with Gasteiger partial charge in [-0.05, 0) is 50.8 Å². The summed E-state index contributed by atoms with van der Waals surface area (Å²) in [5.74, 6) is 1.28. The lowest BCUT2D eigenvalue weighted by Gasteiger charge is -2.33. The highest BCUT2D eigenvalue weighted by Crippen LogP contribution is 2.34. The van der Waals surface area contributed by atoms with Crippen molar-refractivity contribution >= 4 is 24.0 Å². The van der Waals surface area contributed by atoms with Crippen molar-refractivity contribution in [2.75, 3.05) is 6.61 Å². The topological polar surface area (TPSA) is 66.0 Å². The van der Waals surface area contributed by atoms with Gasteiger partial charge in [-0.15, -0.1) is 12.4 Å². The number of nitrogens with two attached hydrogens (primary N) is 1. The molecule has 1 fully saturated rings. The summed E-state index contributed by atoms with van der Waals surface area (Å²) in [6, 6.07) is 4.56. The molecule has 2 aromatic rings. The summed E-state index contributed by atoms with van der Waals surface area (Å²) >= 11 is 5.93. The van der Waals surface area contributed by atoms with Crippen molar-refractivity contribution in [3.05, 3.63) is 40.7 Å². The molecule has 0 aliphatic heterocycles. The first kappa shape index (κ1) is 21.1. The van der Waals surface area contributed by atoms with Gasteiger partial charge in [0.15, 0.2) is 0 Å². The van der Waals surface area contributed by atoms with Crippen molar-refractivity contribution in [3.8, 4) is 5.69 Å². The smallest absolute Gasteiger partial charge is 0.148 e. The lowest BCUT2D eigenvalue weighted by Crippen LogP contribution is -2.42. The van der Waals surface area contributed by atoms with E-state index in [1.54, 1.807) is 16.8 Å². The fourth-order valence-corrected chi connectivity index (χ4v) is 3.57. The molecule has 144 valence electrons. The number of benzene rings is 1. The van der Waals surface area contributed by atoms with Crippen LogP contribution in [0.1, 0.15) is 50.2 Å². The summed E-state index contributed by atoms with van der Waals surface area (Å²) in [6.07, 6.45) is 3.73. The molecule has 3 atom stereocenters. The van der Waals surface area contributed by atoms with Crippen molar-refractivity contribution in [2.24, 2.45) is 5.73 Å². The molecule has 0 amide bonds. The van der Waals surface area contributed by atoms with Gasteiger partial charge in [0.25, 0.3) is 0 Å². The number of hydrogen-bond acceptors (Lipinski definition) is 4. The summed E-state index contributed by atoms with van der Waals surface area (Å²) in [7, 11) is 0. The largest absolute Gasteiger partial charge is 0.377 e. The highest BCUT2D eigenvalue weighted by atomic mass is 35.5. The Morgan fingerprint density at radius 3 is 2.81 bits per heavy atom. The zero-order valence-corrected chi connectivity index (χ0v) is 16.6. The average molecular weight is 403 g/mol. The van der Waals surface area contributed by atoms with Crippen LogP contribution in [-0.4, -0.2) is 33.5 Å². The van der Waals surface area contributed by atoms with E-state index in [0.29, 0.717) is 11.5 Å². The van der Waals surface area contributed by atoms with E-state index < -0.39 is 5.82 Å². The molecule has 2 N–H and O–H groups in total. The zero-order chi connectivity index (χ0) is 18.0. The monoisotopic (exact) mass is 402 g/mol. The molecule has 1 aliphatic carbocycles. The highest BCUT2D eigenvalue weighted by molar-refractivity contribution is 6.30. The fourth-order valence-electron chi connectivity index (χ4n) is 3.39. The standard InChI is InChI=1S/C18H24ClFN4O.ClH/c1-3-8-25-17-7-4-12(9-16(17)21)18-22-11(2)23-24(18)13-5-6-15(20)14(19)10-13;/h5-6,10,12,16-17H,3-4,7-9,21H2,1-2H3;1H/t12-,16+,17+;/m0./s1. The SMILES string of the molecule is CCCO[C@@H]1CC[C@H](c2nc(C)nn2-c2ccc(F)c(Cl)c2)C[C@H]1N.Cl. The number of aromatic nitrogens is 3. The molecule has 0 radical (unpaired) electrons. The maximum atomic E-state index is 13.5. The lowest BCUT2D eigenvalue weighted by molar-refractivity contribution is 0.0108. The van der Waals surface area contributed by atoms with E-state index in [4.69, 9.17) is 22.1 Å². The van der Waals surface area contributed by atoms with Gasteiger partial charge in [-0.2, -0.15) is 5.10 Å². The molecular weight excluding hydrogens is 378 g/mol. The first-order chi connectivity index (χ1) is 12.0. The number of aryl methyl sites for hydroxylation is 1. The predicted octanol–water partition coefficient (Wildman–Crippen LogP) is 4.18. The van der Waals surface area contributed by atoms with E-state index in [-0.39, 0.29) is 35.5 Å². The average Bonchev–Trinajstić information content (AvgIpc) is 2.98. The normalized spacial score (nSPS) is 22.9. The third-order valence-electron chi connectivity index (χ3n) is 4.62. The Balaban J connectivity index is 0.00000243. The Labute approximate surface area is 164 Å². The van der Waals surface area contributed by atoms with Crippen molar-refractivity contribution in [1.82, 2.24) is 14.8 Å². The van der Waals surface area contributed by atoms with E-state index in [9.17, 15) is 4.39 Å². The van der Waals surface area contributed by atoms with Crippen LogP contribution in [0.15, 0.2) is 18.2 Å². The van der Waals surface area contributed by atoms with Crippen molar-refractivity contribution < 1.29 is 9.13 Å². The van der Waals surface area contributed by atoms with E-state index in [0.717, 1.165) is 38.1 Å². The van der Waals surface area contributed by atoms with Gasteiger partial charge in [0, 0.05) is 18.6 Å². The van der Waals surface area contributed by atoms with Crippen LogP contribution in [0.5, 0.6) is 0 Å². The molecule has 1 aromatic heterocycles. The summed E-state index contributed by atoms with van der Waals surface area (Å²) in [4.78, 5) is 4.60. The van der Waals surface area contributed by atoms with E-state index in [1.165, 1.54) is 6.07 Å². The van der Waals surface area contributed by atoms with Gasteiger partial charge in [0.05, 0.1) is 16.8 Å². The summed E-state index contributed by atoms with van der Waals surface area (Å²) < 4.78 is 21.1. The van der Waals surface area contributed by atoms with E-state index in [2.05, 4.69) is 17.0 Å². The lowest BCUT2D eigenvalue weighted by atomic mass is 9.83. The maximum Gasteiger partial charge on any atom is 0.148 e. The first-order valence-corrected chi connectivity index (χ1v) is 9.13. The Morgan fingerprint density at radius 2 is 2.15 bits per heavy atom. The molecule has 1 aromatic carbocycles. The zero-order valence-electron chi connectivity index (χ0n) is 15.0. The van der Waals surface area contributed by atoms with Crippen LogP contribution >= 0.6 is 24.0 Å². The van der Waals surface area contributed by atoms with Crippen LogP contribution in [0.3, 0.4) is 0 Å². The Morgan fingerprint density at radius 1 is 1.38 bits per heavy atom. The maximum absolute atomic E-state index is 13.5. The minimum Gasteiger partial charge on any atom is -0.377 e.